The summed E-state index contributed by atoms with van der Waals surface area (Å²) in [4.78, 5) is 17.3. The normalized spacial score (nSPS) is 11.8. The summed E-state index contributed by atoms with van der Waals surface area (Å²) in [6, 6.07) is 30.9. The van der Waals surface area contributed by atoms with Gasteiger partial charge in [0.25, 0.3) is 0 Å². The number of nitrogens with zero attached hydrogens (tertiary/aromatic N) is 1. The van der Waals surface area contributed by atoms with Gasteiger partial charge >= 0.3 is 0 Å². The van der Waals surface area contributed by atoms with Crippen LogP contribution in [0.3, 0.4) is 0 Å². The molecule has 3 aromatic carbocycles. The fourth-order valence-electron chi connectivity index (χ4n) is 4.51. The second-order valence-electron chi connectivity index (χ2n) is 10.6. The van der Waals surface area contributed by atoms with Crippen LogP contribution in [-0.4, -0.2) is 15.9 Å². The van der Waals surface area contributed by atoms with Crippen LogP contribution in [0.25, 0.3) is 53.9 Å². The smallest absolute Gasteiger partial charge is 0.155 e. The fraction of sp³-hybridized carbons (Fsp3) is 0.176. The van der Waals surface area contributed by atoms with E-state index in [0.29, 0.717) is 0 Å². The molecule has 1 radical (unpaired) electrons. The Morgan fingerprint density at radius 3 is 2.35 bits per heavy atom. The molecule has 6 rings (SSSR count). The molecule has 40 heavy (non-hydrogen) atoms. The summed E-state index contributed by atoms with van der Waals surface area (Å²) in [6.45, 7) is 9.58. The first kappa shape index (κ1) is 29.4. The molecule has 0 aliphatic heterocycles. The van der Waals surface area contributed by atoms with E-state index in [0.717, 1.165) is 43.4 Å². The molecule has 1 N–H and O–H groups in total. The number of aromatic nitrogens is 1. The van der Waals surface area contributed by atoms with Gasteiger partial charge in [0.05, 0.1) is 11.3 Å². The number of hydrogen-bond acceptors (Lipinski definition) is 5. The number of fused-ring (bicyclic) bond motifs is 4. The van der Waals surface area contributed by atoms with Crippen molar-refractivity contribution in [2.75, 3.05) is 0 Å². The van der Waals surface area contributed by atoms with Crippen LogP contribution in [0.5, 0.6) is 0 Å². The minimum atomic E-state index is -0.125. The van der Waals surface area contributed by atoms with E-state index < -0.39 is 0 Å². The van der Waals surface area contributed by atoms with Gasteiger partial charge in [0, 0.05) is 41.8 Å². The summed E-state index contributed by atoms with van der Waals surface area (Å²) in [5, 5.41) is 11.7. The van der Waals surface area contributed by atoms with Gasteiger partial charge in [-0.1, -0.05) is 86.3 Å². The molecule has 0 bridgehead atoms. The summed E-state index contributed by atoms with van der Waals surface area (Å²) < 4.78 is 6.20. The molecule has 0 aliphatic carbocycles. The van der Waals surface area contributed by atoms with Crippen LogP contribution < -0.4 is 0 Å². The molecule has 6 heteroatoms. The predicted molar refractivity (Wildman–Crippen MR) is 162 cm³/mol. The fourth-order valence-corrected chi connectivity index (χ4v) is 5.55. The minimum absolute atomic E-state index is 0. The van der Waals surface area contributed by atoms with Crippen molar-refractivity contribution in [3.63, 3.8) is 0 Å². The second kappa shape index (κ2) is 11.9. The van der Waals surface area contributed by atoms with Gasteiger partial charge in [-0.15, -0.1) is 29.5 Å². The molecule has 0 saturated carbocycles. The Morgan fingerprint density at radius 1 is 0.975 bits per heavy atom. The number of allylic oxidation sites excluding steroid dienone is 2. The van der Waals surface area contributed by atoms with Gasteiger partial charge in [-0.3, -0.25) is 9.78 Å². The van der Waals surface area contributed by atoms with Crippen molar-refractivity contribution in [2.24, 2.45) is 0 Å². The van der Waals surface area contributed by atoms with Crippen molar-refractivity contribution < 1.29 is 34.4 Å². The number of furan rings is 1. The molecular formula is C34H30IrNO3S-. The molecule has 0 atom stereocenters. The van der Waals surface area contributed by atoms with E-state index in [1.54, 1.807) is 11.3 Å². The molecule has 0 fully saturated rings. The summed E-state index contributed by atoms with van der Waals surface area (Å²) in [5.41, 5.74) is 6.26. The van der Waals surface area contributed by atoms with Crippen LogP contribution in [0.4, 0.5) is 0 Å². The van der Waals surface area contributed by atoms with Crippen molar-refractivity contribution in [2.45, 2.75) is 40.0 Å². The standard InChI is InChI=1S/C29H22NOS.C5H8O2.Ir/c1-29(2,3)20-14-11-18(12-15-20)26-17-19-13-16-24(30-28(19)32-26)23-9-6-8-22-21-7-4-5-10-25(21)31-27(22)23;1-4(6)3-5(2)7;/h4-8,10-17H,1-3H3;3,6H,1-2H3;/q-1;;/b;4-3-;. The number of pyridine rings is 1. The number of thiophene rings is 1. The number of benzene rings is 3. The molecular weight excluding hydrogens is 695 g/mol. The SMILES string of the molecule is CC(=O)/C=C(/C)O.CC(C)(C)c1ccc(-c2cc3ccc(-c4[c-]ccc5c4oc4ccccc45)nc3s2)cc1.[Ir]. The van der Waals surface area contributed by atoms with E-state index in [-0.39, 0.29) is 37.1 Å². The number of carbonyl (C=O) groups is 1. The van der Waals surface area contributed by atoms with Gasteiger partial charge in [-0.05, 0) is 48.2 Å². The van der Waals surface area contributed by atoms with Crippen molar-refractivity contribution in [1.82, 2.24) is 4.98 Å². The maximum absolute atomic E-state index is 10.0. The zero-order chi connectivity index (χ0) is 27.7. The van der Waals surface area contributed by atoms with E-state index in [1.165, 1.54) is 35.9 Å². The van der Waals surface area contributed by atoms with Crippen molar-refractivity contribution in [1.29, 1.82) is 0 Å². The van der Waals surface area contributed by atoms with Gasteiger partial charge in [0.2, 0.25) is 0 Å². The minimum Gasteiger partial charge on any atom is -0.512 e. The third-order valence-corrected chi connectivity index (χ3v) is 7.52. The quantitative estimate of drug-likeness (QED) is 0.112. The van der Waals surface area contributed by atoms with Gasteiger partial charge in [-0.2, -0.15) is 0 Å². The zero-order valence-corrected chi connectivity index (χ0v) is 26.2. The van der Waals surface area contributed by atoms with Crippen molar-refractivity contribution in [3.8, 4) is 21.7 Å². The number of aliphatic hydroxyl groups is 1. The Morgan fingerprint density at radius 2 is 1.70 bits per heavy atom. The van der Waals surface area contributed by atoms with Crippen molar-refractivity contribution in [3.05, 3.63) is 102 Å². The molecule has 0 amide bonds. The molecule has 0 spiro atoms. The molecule has 4 nitrogen and oxygen atoms in total. The summed E-state index contributed by atoms with van der Waals surface area (Å²) in [6.07, 6.45) is 1.17. The molecule has 0 aliphatic rings. The molecule has 205 valence electrons. The van der Waals surface area contributed by atoms with Crippen LogP contribution in [0.1, 0.15) is 40.2 Å². The van der Waals surface area contributed by atoms with Crippen LogP contribution in [0.2, 0.25) is 0 Å². The van der Waals surface area contributed by atoms with Gasteiger partial charge in [-0.25, -0.2) is 0 Å². The Balaban J connectivity index is 0.000000413. The van der Waals surface area contributed by atoms with Crippen LogP contribution in [-0.2, 0) is 30.3 Å². The third kappa shape index (κ3) is 6.26. The third-order valence-electron chi connectivity index (χ3n) is 6.43. The number of hydrogen-bond donors (Lipinski definition) is 1. The largest absolute Gasteiger partial charge is 0.512 e. The van der Waals surface area contributed by atoms with E-state index in [4.69, 9.17) is 14.5 Å². The van der Waals surface area contributed by atoms with Gasteiger partial charge in [0.1, 0.15) is 10.4 Å². The monoisotopic (exact) mass is 725 g/mol. The van der Waals surface area contributed by atoms with Crippen LogP contribution in [0, 0.1) is 6.07 Å². The van der Waals surface area contributed by atoms with E-state index in [2.05, 4.69) is 81.4 Å². The number of aliphatic hydroxyl groups excluding tert-OH is 1. The van der Waals surface area contributed by atoms with Crippen molar-refractivity contribution >= 4 is 49.3 Å². The Bertz CT molecular complexity index is 1840. The number of carbonyl (C=O) groups excluding carboxylic acids is 1. The van der Waals surface area contributed by atoms with Crippen LogP contribution in [0.15, 0.2) is 95.1 Å². The zero-order valence-electron chi connectivity index (χ0n) is 23.0. The van der Waals surface area contributed by atoms with E-state index in [1.807, 2.05) is 24.3 Å². The Kier molecular flexibility index (Phi) is 8.74. The predicted octanol–water partition coefficient (Wildman–Crippen LogP) is 9.66. The molecule has 3 heterocycles. The van der Waals surface area contributed by atoms with E-state index >= 15 is 0 Å². The maximum atomic E-state index is 10.0. The molecule has 3 aromatic heterocycles. The number of para-hydroxylation sites is 1. The van der Waals surface area contributed by atoms with E-state index in [9.17, 15) is 4.79 Å². The van der Waals surface area contributed by atoms with Gasteiger partial charge < -0.3 is 9.52 Å². The first-order valence-corrected chi connectivity index (χ1v) is 13.6. The Hall–Kier alpha value is -3.57. The first-order valence-electron chi connectivity index (χ1n) is 12.8. The van der Waals surface area contributed by atoms with Crippen LogP contribution >= 0.6 is 11.3 Å². The average molecular weight is 725 g/mol. The summed E-state index contributed by atoms with van der Waals surface area (Å²) in [5.74, 6) is -0.0625. The maximum Gasteiger partial charge on any atom is 0.155 e. The topological polar surface area (TPSA) is 63.3 Å². The average Bonchev–Trinajstić information content (AvgIpc) is 3.49. The Labute approximate surface area is 251 Å². The molecule has 0 saturated heterocycles. The molecule has 0 unspecified atom stereocenters. The summed E-state index contributed by atoms with van der Waals surface area (Å²) >= 11 is 1.73. The number of ketones is 1. The van der Waals surface area contributed by atoms with Gasteiger partial charge in [0.15, 0.2) is 5.78 Å². The first-order chi connectivity index (χ1) is 18.6. The number of rotatable bonds is 3. The summed E-state index contributed by atoms with van der Waals surface area (Å²) in [7, 11) is 0. The molecule has 6 aromatic rings. The second-order valence-corrected chi connectivity index (χ2v) is 11.6.